The minimum Gasteiger partial charge on any atom is -0.352 e. The molecule has 1 saturated heterocycles. The topological polar surface area (TPSA) is 87.1 Å². The van der Waals surface area contributed by atoms with Gasteiger partial charge in [0.15, 0.2) is 11.6 Å². The number of fused-ring (bicyclic) bond motifs is 1. The number of aromatic nitrogens is 4. The summed E-state index contributed by atoms with van der Waals surface area (Å²) < 4.78 is 0. The maximum absolute atomic E-state index is 13.1. The molecule has 160 valence electrons. The van der Waals surface area contributed by atoms with Crippen molar-refractivity contribution in [3.05, 3.63) is 78.2 Å². The summed E-state index contributed by atoms with van der Waals surface area (Å²) >= 11 is 0. The standard InChI is InChI=1S/C24H23N7O/c1-17-8-10-25-21(16-17)27-20-6-7-22(29-28-20)30-12-14-31(15-13-30)24(32)23-19-5-3-2-4-18(19)9-11-26-23/h2-11,16H,12-15H2,1H3,(H,25,27,28). The molecule has 0 spiro atoms. The highest BCUT2D eigenvalue weighted by atomic mass is 16.2. The lowest BCUT2D eigenvalue weighted by Gasteiger charge is -2.35. The minimum absolute atomic E-state index is 0.0299. The predicted octanol–water partition coefficient (Wildman–Crippen LogP) is 3.43. The molecule has 3 aromatic heterocycles. The van der Waals surface area contributed by atoms with Crippen molar-refractivity contribution in [2.45, 2.75) is 6.92 Å². The van der Waals surface area contributed by atoms with Gasteiger partial charge in [-0.25, -0.2) is 4.98 Å². The van der Waals surface area contributed by atoms with E-state index in [2.05, 4.69) is 30.4 Å². The van der Waals surface area contributed by atoms with E-state index in [1.807, 2.05) is 66.4 Å². The fourth-order valence-corrected chi connectivity index (χ4v) is 3.87. The number of carbonyl (C=O) groups excluding carboxylic acids is 1. The van der Waals surface area contributed by atoms with Crippen LogP contribution in [0.4, 0.5) is 17.5 Å². The largest absolute Gasteiger partial charge is 0.352 e. The van der Waals surface area contributed by atoms with Gasteiger partial charge in [-0.15, -0.1) is 10.2 Å². The number of rotatable bonds is 4. The van der Waals surface area contributed by atoms with E-state index in [1.165, 1.54) is 0 Å². The molecule has 8 heteroatoms. The first-order valence-corrected chi connectivity index (χ1v) is 10.6. The Morgan fingerprint density at radius 3 is 2.47 bits per heavy atom. The lowest BCUT2D eigenvalue weighted by molar-refractivity contribution is 0.0743. The second-order valence-corrected chi connectivity index (χ2v) is 7.78. The number of carbonyl (C=O) groups is 1. The molecule has 4 heterocycles. The Morgan fingerprint density at radius 1 is 0.875 bits per heavy atom. The Balaban J connectivity index is 1.23. The molecular weight excluding hydrogens is 402 g/mol. The van der Waals surface area contributed by atoms with E-state index in [9.17, 15) is 4.79 Å². The Kier molecular flexibility index (Phi) is 5.33. The van der Waals surface area contributed by atoms with Gasteiger partial charge in [-0.2, -0.15) is 0 Å². The summed E-state index contributed by atoms with van der Waals surface area (Å²) in [5.41, 5.74) is 1.63. The number of aryl methyl sites for hydroxylation is 1. The van der Waals surface area contributed by atoms with Crippen LogP contribution >= 0.6 is 0 Å². The smallest absolute Gasteiger partial charge is 0.273 e. The summed E-state index contributed by atoms with van der Waals surface area (Å²) in [6.07, 6.45) is 3.46. The molecule has 0 saturated carbocycles. The third-order valence-electron chi connectivity index (χ3n) is 5.59. The first-order chi connectivity index (χ1) is 15.7. The highest BCUT2D eigenvalue weighted by Crippen LogP contribution is 2.20. The molecule has 5 rings (SSSR count). The van der Waals surface area contributed by atoms with Crippen LogP contribution in [-0.2, 0) is 0 Å². The van der Waals surface area contributed by atoms with E-state index in [-0.39, 0.29) is 5.91 Å². The lowest BCUT2D eigenvalue weighted by Crippen LogP contribution is -2.49. The maximum Gasteiger partial charge on any atom is 0.273 e. The van der Waals surface area contributed by atoms with Crippen LogP contribution in [0.5, 0.6) is 0 Å². The van der Waals surface area contributed by atoms with Crippen molar-refractivity contribution in [2.75, 3.05) is 36.4 Å². The van der Waals surface area contributed by atoms with Crippen LogP contribution in [0.3, 0.4) is 0 Å². The van der Waals surface area contributed by atoms with E-state index in [0.29, 0.717) is 37.7 Å². The lowest BCUT2D eigenvalue weighted by atomic mass is 10.1. The molecule has 0 atom stereocenters. The molecule has 1 aromatic carbocycles. The molecular formula is C24H23N7O. The Labute approximate surface area is 185 Å². The summed E-state index contributed by atoms with van der Waals surface area (Å²) in [7, 11) is 0. The quantitative estimate of drug-likeness (QED) is 0.536. The molecule has 1 amide bonds. The normalized spacial score (nSPS) is 13.9. The van der Waals surface area contributed by atoms with Crippen molar-refractivity contribution >= 4 is 34.1 Å². The highest BCUT2D eigenvalue weighted by Gasteiger charge is 2.25. The van der Waals surface area contributed by atoms with Crippen LogP contribution in [0.2, 0.25) is 0 Å². The minimum atomic E-state index is -0.0299. The molecule has 0 radical (unpaired) electrons. The van der Waals surface area contributed by atoms with Gasteiger partial charge >= 0.3 is 0 Å². The first kappa shape index (κ1) is 19.9. The number of hydrogen-bond donors (Lipinski definition) is 1. The number of anilines is 3. The van der Waals surface area contributed by atoms with Gasteiger partial charge in [0, 0.05) is 44.0 Å². The zero-order valence-corrected chi connectivity index (χ0v) is 17.8. The number of amides is 1. The van der Waals surface area contributed by atoms with E-state index < -0.39 is 0 Å². The zero-order chi connectivity index (χ0) is 21.9. The monoisotopic (exact) mass is 425 g/mol. The second kappa shape index (κ2) is 8.58. The van der Waals surface area contributed by atoms with Gasteiger partial charge in [-0.3, -0.25) is 9.78 Å². The molecule has 1 N–H and O–H groups in total. The van der Waals surface area contributed by atoms with Crippen molar-refractivity contribution in [1.82, 2.24) is 25.1 Å². The van der Waals surface area contributed by atoms with E-state index in [4.69, 9.17) is 0 Å². The molecule has 0 bridgehead atoms. The van der Waals surface area contributed by atoms with Crippen LogP contribution in [0.1, 0.15) is 16.1 Å². The van der Waals surface area contributed by atoms with Gasteiger partial charge in [0.25, 0.3) is 5.91 Å². The fourth-order valence-electron chi connectivity index (χ4n) is 3.87. The Morgan fingerprint density at radius 2 is 1.69 bits per heavy atom. The van der Waals surface area contributed by atoms with Crippen molar-refractivity contribution in [2.24, 2.45) is 0 Å². The van der Waals surface area contributed by atoms with E-state index >= 15 is 0 Å². The van der Waals surface area contributed by atoms with E-state index in [0.717, 1.165) is 28.0 Å². The highest BCUT2D eigenvalue weighted by molar-refractivity contribution is 6.05. The van der Waals surface area contributed by atoms with Gasteiger partial charge in [0.2, 0.25) is 0 Å². The SMILES string of the molecule is Cc1ccnc(Nc2ccc(N3CCN(C(=O)c4nccc5ccccc45)CC3)nn2)c1. The number of nitrogens with one attached hydrogen (secondary N) is 1. The van der Waals surface area contributed by atoms with Gasteiger partial charge in [0.05, 0.1) is 0 Å². The number of nitrogens with zero attached hydrogens (tertiary/aromatic N) is 6. The van der Waals surface area contributed by atoms with Crippen molar-refractivity contribution in [3.8, 4) is 0 Å². The molecule has 4 aromatic rings. The number of benzene rings is 1. The van der Waals surface area contributed by atoms with Crippen molar-refractivity contribution in [3.63, 3.8) is 0 Å². The second-order valence-electron chi connectivity index (χ2n) is 7.78. The van der Waals surface area contributed by atoms with Gasteiger partial charge in [0.1, 0.15) is 11.5 Å². The van der Waals surface area contributed by atoms with Crippen LogP contribution < -0.4 is 10.2 Å². The van der Waals surface area contributed by atoms with Gasteiger partial charge < -0.3 is 15.1 Å². The summed E-state index contributed by atoms with van der Waals surface area (Å²) in [6, 6.07) is 17.5. The summed E-state index contributed by atoms with van der Waals surface area (Å²) in [5, 5.41) is 13.7. The van der Waals surface area contributed by atoms with Crippen molar-refractivity contribution < 1.29 is 4.79 Å². The van der Waals surface area contributed by atoms with Crippen LogP contribution in [0.25, 0.3) is 10.8 Å². The van der Waals surface area contributed by atoms with Crippen LogP contribution in [-0.4, -0.2) is 57.2 Å². The fraction of sp³-hybridized carbons (Fsp3) is 0.208. The average molecular weight is 425 g/mol. The van der Waals surface area contributed by atoms with Crippen molar-refractivity contribution in [1.29, 1.82) is 0 Å². The first-order valence-electron chi connectivity index (χ1n) is 10.6. The third kappa shape index (κ3) is 4.07. The molecule has 1 aliphatic heterocycles. The summed E-state index contributed by atoms with van der Waals surface area (Å²) in [6.45, 7) is 4.62. The molecule has 1 fully saturated rings. The molecule has 1 aliphatic rings. The van der Waals surface area contributed by atoms with Crippen LogP contribution in [0.15, 0.2) is 67.0 Å². The number of piperazine rings is 1. The summed E-state index contributed by atoms with van der Waals surface area (Å²) in [5.74, 6) is 2.14. The zero-order valence-electron chi connectivity index (χ0n) is 17.8. The Hall–Kier alpha value is -4.07. The average Bonchev–Trinajstić information content (AvgIpc) is 2.84. The maximum atomic E-state index is 13.1. The van der Waals surface area contributed by atoms with E-state index in [1.54, 1.807) is 12.4 Å². The number of hydrogen-bond acceptors (Lipinski definition) is 7. The number of pyridine rings is 2. The molecule has 0 unspecified atom stereocenters. The molecule has 32 heavy (non-hydrogen) atoms. The van der Waals surface area contributed by atoms with Gasteiger partial charge in [-0.1, -0.05) is 24.3 Å². The predicted molar refractivity (Wildman–Crippen MR) is 124 cm³/mol. The van der Waals surface area contributed by atoms with Gasteiger partial charge in [-0.05, 0) is 48.2 Å². The Bertz CT molecular complexity index is 1250. The molecule has 8 nitrogen and oxygen atoms in total. The third-order valence-corrected chi connectivity index (χ3v) is 5.59. The van der Waals surface area contributed by atoms with Crippen LogP contribution in [0, 0.1) is 6.92 Å². The molecule has 0 aliphatic carbocycles. The summed E-state index contributed by atoms with van der Waals surface area (Å²) in [4.78, 5) is 25.8.